The van der Waals surface area contributed by atoms with Crippen LogP contribution >= 0.6 is 15.9 Å². The highest BCUT2D eigenvalue weighted by Crippen LogP contribution is 2.25. The molecule has 8 nitrogen and oxygen atoms in total. The smallest absolute Gasteiger partial charge is 0.344 e. The number of halogens is 1. The third kappa shape index (κ3) is 3.77. The van der Waals surface area contributed by atoms with Gasteiger partial charge in [0.05, 0.1) is 0 Å². The molecule has 1 atom stereocenters. The Labute approximate surface area is 164 Å². The summed E-state index contributed by atoms with van der Waals surface area (Å²) in [6.07, 6.45) is 1.88. The Hall–Kier alpha value is -2.94. The van der Waals surface area contributed by atoms with Crippen LogP contribution in [0.25, 0.3) is 0 Å². The SMILES string of the molecule is CCC1(C)NC(=O)N(NC(=O)c2cccnc2Oc2ccc(Br)cc2)C1=O. The summed E-state index contributed by atoms with van der Waals surface area (Å²) in [5.41, 5.74) is 1.37. The van der Waals surface area contributed by atoms with E-state index in [9.17, 15) is 14.4 Å². The number of urea groups is 1. The van der Waals surface area contributed by atoms with Crippen molar-refractivity contribution < 1.29 is 19.1 Å². The average molecular weight is 433 g/mol. The van der Waals surface area contributed by atoms with Gasteiger partial charge in [0.25, 0.3) is 11.8 Å². The molecular formula is C18H17BrN4O4. The van der Waals surface area contributed by atoms with Gasteiger partial charge in [0, 0.05) is 10.7 Å². The van der Waals surface area contributed by atoms with Gasteiger partial charge in [-0.25, -0.2) is 9.78 Å². The first kappa shape index (κ1) is 18.8. The number of aromatic nitrogens is 1. The zero-order chi connectivity index (χ0) is 19.6. The highest BCUT2D eigenvalue weighted by molar-refractivity contribution is 9.10. The number of benzene rings is 1. The highest BCUT2D eigenvalue weighted by atomic mass is 79.9. The van der Waals surface area contributed by atoms with Crippen LogP contribution in [0.15, 0.2) is 47.1 Å². The number of ether oxygens (including phenoxy) is 1. The molecule has 4 amide bonds. The molecule has 3 rings (SSSR count). The first-order valence-electron chi connectivity index (χ1n) is 8.20. The molecule has 0 saturated carbocycles. The van der Waals surface area contributed by atoms with Gasteiger partial charge in [-0.1, -0.05) is 22.9 Å². The van der Waals surface area contributed by atoms with Crippen molar-refractivity contribution in [3.05, 3.63) is 52.6 Å². The van der Waals surface area contributed by atoms with E-state index in [1.165, 1.54) is 12.3 Å². The summed E-state index contributed by atoms with van der Waals surface area (Å²) in [5.74, 6) is -0.663. The number of hydrogen-bond donors (Lipinski definition) is 2. The van der Waals surface area contributed by atoms with E-state index in [0.29, 0.717) is 17.2 Å². The number of amides is 4. The predicted molar refractivity (Wildman–Crippen MR) is 100.0 cm³/mol. The first-order valence-corrected chi connectivity index (χ1v) is 8.99. The molecule has 1 aromatic carbocycles. The Bertz CT molecular complexity index is 902. The Kier molecular flexibility index (Phi) is 5.13. The number of carbonyl (C=O) groups excluding carboxylic acids is 3. The summed E-state index contributed by atoms with van der Waals surface area (Å²) in [4.78, 5) is 41.2. The molecule has 1 aliphatic rings. The number of pyridine rings is 1. The van der Waals surface area contributed by atoms with Crippen molar-refractivity contribution in [3.8, 4) is 11.6 Å². The summed E-state index contributed by atoms with van der Waals surface area (Å²) in [5, 5.41) is 3.25. The van der Waals surface area contributed by atoms with Gasteiger partial charge in [-0.3, -0.25) is 15.0 Å². The fraction of sp³-hybridized carbons (Fsp3) is 0.222. The molecule has 0 aliphatic carbocycles. The van der Waals surface area contributed by atoms with Crippen molar-refractivity contribution in [2.24, 2.45) is 0 Å². The van der Waals surface area contributed by atoms with Gasteiger partial charge in [-0.15, -0.1) is 0 Å². The largest absolute Gasteiger partial charge is 0.438 e. The van der Waals surface area contributed by atoms with Gasteiger partial charge < -0.3 is 10.1 Å². The van der Waals surface area contributed by atoms with Crippen LogP contribution in [0.3, 0.4) is 0 Å². The van der Waals surface area contributed by atoms with E-state index < -0.39 is 23.4 Å². The second-order valence-electron chi connectivity index (χ2n) is 6.11. The lowest BCUT2D eigenvalue weighted by Crippen LogP contribution is -2.48. The number of hydrogen-bond acceptors (Lipinski definition) is 5. The number of hydrazine groups is 1. The van der Waals surface area contributed by atoms with Crippen molar-refractivity contribution in [1.82, 2.24) is 20.7 Å². The lowest BCUT2D eigenvalue weighted by Gasteiger charge is -2.19. The molecule has 2 N–H and O–H groups in total. The minimum Gasteiger partial charge on any atom is -0.438 e. The molecule has 0 radical (unpaired) electrons. The maximum Gasteiger partial charge on any atom is 0.344 e. The first-order chi connectivity index (χ1) is 12.8. The van der Waals surface area contributed by atoms with Crippen LogP contribution in [-0.4, -0.2) is 33.4 Å². The Morgan fingerprint density at radius 1 is 1.30 bits per heavy atom. The van der Waals surface area contributed by atoms with E-state index in [1.807, 2.05) is 0 Å². The van der Waals surface area contributed by atoms with Crippen LogP contribution in [-0.2, 0) is 4.79 Å². The molecule has 9 heteroatoms. The molecule has 0 bridgehead atoms. The van der Waals surface area contributed by atoms with Gasteiger partial charge >= 0.3 is 6.03 Å². The zero-order valence-electron chi connectivity index (χ0n) is 14.7. The van der Waals surface area contributed by atoms with Gasteiger partial charge in [0.2, 0.25) is 5.88 Å². The normalized spacial score (nSPS) is 19.0. The van der Waals surface area contributed by atoms with Crippen LogP contribution in [0.1, 0.15) is 30.6 Å². The molecule has 140 valence electrons. The van der Waals surface area contributed by atoms with Crippen molar-refractivity contribution in [2.45, 2.75) is 25.8 Å². The molecule has 1 fully saturated rings. The van der Waals surface area contributed by atoms with Crippen LogP contribution in [0, 0.1) is 0 Å². The summed E-state index contributed by atoms with van der Waals surface area (Å²) in [7, 11) is 0. The molecule has 0 spiro atoms. The van der Waals surface area contributed by atoms with E-state index in [4.69, 9.17) is 4.74 Å². The molecule has 27 heavy (non-hydrogen) atoms. The fourth-order valence-corrected chi connectivity index (χ4v) is 2.71. The van der Waals surface area contributed by atoms with Crippen LogP contribution < -0.4 is 15.5 Å². The third-order valence-electron chi connectivity index (χ3n) is 4.23. The molecule has 1 aromatic heterocycles. The Morgan fingerprint density at radius 3 is 2.63 bits per heavy atom. The molecule has 2 heterocycles. The van der Waals surface area contributed by atoms with E-state index in [2.05, 4.69) is 31.7 Å². The van der Waals surface area contributed by atoms with Crippen molar-refractivity contribution in [2.75, 3.05) is 0 Å². The quantitative estimate of drug-likeness (QED) is 0.707. The zero-order valence-corrected chi connectivity index (χ0v) is 16.2. The van der Waals surface area contributed by atoms with E-state index in [1.54, 1.807) is 44.2 Å². The predicted octanol–water partition coefficient (Wildman–Crippen LogP) is 3.00. The fourth-order valence-electron chi connectivity index (χ4n) is 2.45. The number of rotatable bonds is 5. The summed E-state index contributed by atoms with van der Waals surface area (Å²) in [6.45, 7) is 3.38. The maximum atomic E-state index is 12.6. The van der Waals surface area contributed by atoms with Gasteiger partial charge in [-0.2, -0.15) is 5.01 Å². The summed E-state index contributed by atoms with van der Waals surface area (Å²) in [6, 6.07) is 9.37. The standard InChI is InChI=1S/C18H17BrN4O4/c1-3-18(2)16(25)23(17(26)21-18)22-14(24)13-5-4-10-20-15(13)27-12-8-6-11(19)7-9-12/h4-10H,3H2,1-2H3,(H,21,26)(H,22,24). The molecule has 2 aromatic rings. The number of nitrogens with one attached hydrogen (secondary N) is 2. The van der Waals surface area contributed by atoms with Crippen molar-refractivity contribution in [3.63, 3.8) is 0 Å². The minimum absolute atomic E-state index is 0.0580. The summed E-state index contributed by atoms with van der Waals surface area (Å²) >= 11 is 3.33. The molecule has 1 unspecified atom stereocenters. The van der Waals surface area contributed by atoms with E-state index in [0.717, 1.165) is 4.47 Å². The van der Waals surface area contributed by atoms with Gasteiger partial charge in [0.15, 0.2) is 0 Å². The van der Waals surface area contributed by atoms with Crippen LogP contribution in [0.4, 0.5) is 4.79 Å². The number of imide groups is 1. The van der Waals surface area contributed by atoms with E-state index >= 15 is 0 Å². The monoisotopic (exact) mass is 432 g/mol. The van der Waals surface area contributed by atoms with Crippen molar-refractivity contribution in [1.29, 1.82) is 0 Å². The topological polar surface area (TPSA) is 101 Å². The molecule has 1 saturated heterocycles. The summed E-state index contributed by atoms with van der Waals surface area (Å²) < 4.78 is 6.55. The lowest BCUT2D eigenvalue weighted by atomic mass is 10.00. The second kappa shape index (κ2) is 7.36. The maximum absolute atomic E-state index is 12.6. The van der Waals surface area contributed by atoms with Gasteiger partial charge in [-0.05, 0) is 49.7 Å². The molecule has 1 aliphatic heterocycles. The van der Waals surface area contributed by atoms with Crippen LogP contribution in [0.2, 0.25) is 0 Å². The Morgan fingerprint density at radius 2 is 2.00 bits per heavy atom. The van der Waals surface area contributed by atoms with E-state index in [-0.39, 0.29) is 11.4 Å². The number of carbonyl (C=O) groups is 3. The minimum atomic E-state index is -1.05. The molecular weight excluding hydrogens is 416 g/mol. The third-order valence-corrected chi connectivity index (χ3v) is 4.75. The van der Waals surface area contributed by atoms with Crippen molar-refractivity contribution >= 4 is 33.8 Å². The lowest BCUT2D eigenvalue weighted by molar-refractivity contribution is -0.132. The average Bonchev–Trinajstić information content (AvgIpc) is 2.87. The van der Waals surface area contributed by atoms with Gasteiger partial charge in [0.1, 0.15) is 16.9 Å². The highest BCUT2D eigenvalue weighted by Gasteiger charge is 2.47. The number of nitrogens with zero attached hydrogens (tertiary/aromatic N) is 2. The Balaban J connectivity index is 1.81. The van der Waals surface area contributed by atoms with Crippen LogP contribution in [0.5, 0.6) is 11.6 Å². The second-order valence-corrected chi connectivity index (χ2v) is 7.03.